The highest BCUT2D eigenvalue weighted by molar-refractivity contribution is 5.13. The van der Waals surface area contributed by atoms with Crippen LogP contribution >= 0.6 is 0 Å². The quantitative estimate of drug-likeness (QED) is 0.785. The van der Waals surface area contributed by atoms with Gasteiger partial charge in [0.1, 0.15) is 6.73 Å². The normalized spacial score (nSPS) is 10.6. The molecule has 1 aromatic carbocycles. The number of nitrogens with zero attached hydrogens (tertiary/aromatic N) is 2. The van der Waals surface area contributed by atoms with E-state index >= 15 is 0 Å². The van der Waals surface area contributed by atoms with Crippen LogP contribution in [0.2, 0.25) is 0 Å². The summed E-state index contributed by atoms with van der Waals surface area (Å²) < 4.78 is 7.47. The highest BCUT2D eigenvalue weighted by atomic mass is 16.5. The molecule has 0 unspecified atom stereocenters. The molecule has 1 heterocycles. The van der Waals surface area contributed by atoms with E-state index in [0.29, 0.717) is 13.3 Å². The minimum absolute atomic E-state index is 0.508. The van der Waals surface area contributed by atoms with Crippen molar-refractivity contribution in [2.24, 2.45) is 0 Å². The van der Waals surface area contributed by atoms with Gasteiger partial charge < -0.3 is 4.74 Å². The molecule has 3 heteroatoms. The first-order chi connectivity index (χ1) is 7.75. The van der Waals surface area contributed by atoms with Crippen LogP contribution in [0.25, 0.3) is 0 Å². The third kappa shape index (κ3) is 2.70. The average Bonchev–Trinajstić information content (AvgIpc) is 2.59. The van der Waals surface area contributed by atoms with Gasteiger partial charge in [-0.2, -0.15) is 5.10 Å². The standard InChI is InChI=1S/C13H16N2O/c1-11-8-12(2)15(14-11)10-16-9-13-6-4-3-5-7-13/h3-8H,9-10H2,1-2H3. The average molecular weight is 216 g/mol. The van der Waals surface area contributed by atoms with Crippen LogP contribution in [-0.2, 0) is 18.1 Å². The number of hydrogen-bond donors (Lipinski definition) is 0. The molecule has 0 amide bonds. The minimum atomic E-state index is 0.508. The number of hydrogen-bond acceptors (Lipinski definition) is 2. The second-order valence-electron chi connectivity index (χ2n) is 3.89. The molecule has 84 valence electrons. The van der Waals surface area contributed by atoms with Crippen molar-refractivity contribution in [3.63, 3.8) is 0 Å². The number of aromatic nitrogens is 2. The summed E-state index contributed by atoms with van der Waals surface area (Å²) in [4.78, 5) is 0. The van der Waals surface area contributed by atoms with Crippen molar-refractivity contribution in [3.8, 4) is 0 Å². The highest BCUT2D eigenvalue weighted by Crippen LogP contribution is 2.04. The molecule has 1 aromatic heterocycles. The number of benzene rings is 1. The van der Waals surface area contributed by atoms with E-state index in [2.05, 4.69) is 17.2 Å². The van der Waals surface area contributed by atoms with E-state index in [0.717, 1.165) is 11.4 Å². The van der Waals surface area contributed by atoms with Crippen molar-refractivity contribution in [3.05, 3.63) is 53.3 Å². The maximum atomic E-state index is 5.60. The van der Waals surface area contributed by atoms with Gasteiger partial charge in [0.2, 0.25) is 0 Å². The van der Waals surface area contributed by atoms with Crippen LogP contribution in [0.1, 0.15) is 17.0 Å². The SMILES string of the molecule is Cc1cc(C)n(COCc2ccccc2)n1. The van der Waals surface area contributed by atoms with E-state index in [1.54, 1.807) is 0 Å². The molecule has 0 radical (unpaired) electrons. The molecular formula is C13H16N2O. The Morgan fingerprint density at radius 2 is 1.94 bits per heavy atom. The predicted octanol–water partition coefficient (Wildman–Crippen LogP) is 2.67. The molecule has 0 atom stereocenters. The molecular weight excluding hydrogens is 200 g/mol. The first kappa shape index (κ1) is 10.9. The van der Waals surface area contributed by atoms with Gasteiger partial charge in [0.25, 0.3) is 0 Å². The Kier molecular flexibility index (Phi) is 3.37. The van der Waals surface area contributed by atoms with Crippen molar-refractivity contribution in [1.82, 2.24) is 9.78 Å². The van der Waals surface area contributed by atoms with Crippen molar-refractivity contribution < 1.29 is 4.74 Å². The first-order valence-corrected chi connectivity index (χ1v) is 5.38. The smallest absolute Gasteiger partial charge is 0.140 e. The van der Waals surface area contributed by atoms with Gasteiger partial charge in [-0.1, -0.05) is 30.3 Å². The van der Waals surface area contributed by atoms with E-state index in [1.807, 2.05) is 42.8 Å². The third-order valence-electron chi connectivity index (χ3n) is 2.43. The van der Waals surface area contributed by atoms with E-state index in [1.165, 1.54) is 5.56 Å². The van der Waals surface area contributed by atoms with Gasteiger partial charge in [0.15, 0.2) is 0 Å². The maximum Gasteiger partial charge on any atom is 0.140 e. The molecule has 0 N–H and O–H groups in total. The molecule has 2 aromatic rings. The molecule has 3 nitrogen and oxygen atoms in total. The number of rotatable bonds is 4. The summed E-state index contributed by atoms with van der Waals surface area (Å²) in [6.07, 6.45) is 0. The first-order valence-electron chi connectivity index (χ1n) is 5.38. The molecule has 16 heavy (non-hydrogen) atoms. The largest absolute Gasteiger partial charge is 0.355 e. The van der Waals surface area contributed by atoms with Crippen LogP contribution < -0.4 is 0 Å². The van der Waals surface area contributed by atoms with E-state index in [4.69, 9.17) is 4.74 Å². The van der Waals surface area contributed by atoms with Crippen molar-refractivity contribution in [2.75, 3.05) is 0 Å². The summed E-state index contributed by atoms with van der Waals surface area (Å²) in [7, 11) is 0. The molecule has 0 fully saturated rings. The molecule has 0 bridgehead atoms. The summed E-state index contributed by atoms with van der Waals surface area (Å²) in [5.74, 6) is 0. The van der Waals surface area contributed by atoms with Gasteiger partial charge >= 0.3 is 0 Å². The molecule has 0 aliphatic carbocycles. The van der Waals surface area contributed by atoms with Crippen LogP contribution in [0.4, 0.5) is 0 Å². The lowest BCUT2D eigenvalue weighted by molar-refractivity contribution is 0.0546. The zero-order valence-corrected chi connectivity index (χ0v) is 9.68. The van der Waals surface area contributed by atoms with Crippen molar-refractivity contribution >= 4 is 0 Å². The summed E-state index contributed by atoms with van der Waals surface area (Å²) in [5.41, 5.74) is 3.34. The van der Waals surface area contributed by atoms with Gasteiger partial charge in [0, 0.05) is 5.69 Å². The molecule has 0 saturated heterocycles. The lowest BCUT2D eigenvalue weighted by atomic mass is 10.2. The molecule has 2 rings (SSSR count). The van der Waals surface area contributed by atoms with Gasteiger partial charge in [-0.3, -0.25) is 0 Å². The minimum Gasteiger partial charge on any atom is -0.355 e. The van der Waals surface area contributed by atoms with Gasteiger partial charge in [-0.25, -0.2) is 4.68 Å². The van der Waals surface area contributed by atoms with E-state index in [-0.39, 0.29) is 0 Å². The lowest BCUT2D eigenvalue weighted by Gasteiger charge is -2.06. The monoisotopic (exact) mass is 216 g/mol. The van der Waals surface area contributed by atoms with Gasteiger partial charge in [-0.05, 0) is 25.5 Å². The van der Waals surface area contributed by atoms with E-state index < -0.39 is 0 Å². The Morgan fingerprint density at radius 3 is 2.56 bits per heavy atom. The predicted molar refractivity (Wildman–Crippen MR) is 62.9 cm³/mol. The maximum absolute atomic E-state index is 5.60. The van der Waals surface area contributed by atoms with Gasteiger partial charge in [-0.15, -0.1) is 0 Å². The molecule has 0 aliphatic rings. The van der Waals surface area contributed by atoms with Crippen molar-refractivity contribution in [1.29, 1.82) is 0 Å². The fourth-order valence-corrected chi connectivity index (χ4v) is 1.63. The van der Waals surface area contributed by atoms with Crippen LogP contribution in [0.3, 0.4) is 0 Å². The van der Waals surface area contributed by atoms with Gasteiger partial charge in [0.05, 0.1) is 12.3 Å². The summed E-state index contributed by atoms with van der Waals surface area (Å²) in [5, 5.41) is 4.33. The second-order valence-corrected chi connectivity index (χ2v) is 3.89. The Balaban J connectivity index is 1.87. The highest BCUT2D eigenvalue weighted by Gasteiger charge is 2.00. The number of ether oxygens (including phenoxy) is 1. The lowest BCUT2D eigenvalue weighted by Crippen LogP contribution is -2.06. The molecule has 0 spiro atoms. The zero-order valence-electron chi connectivity index (χ0n) is 9.68. The Hall–Kier alpha value is -1.61. The fraction of sp³-hybridized carbons (Fsp3) is 0.308. The summed E-state index contributed by atoms with van der Waals surface area (Å²) >= 11 is 0. The Morgan fingerprint density at radius 1 is 1.19 bits per heavy atom. The molecule has 0 saturated carbocycles. The van der Waals surface area contributed by atoms with Crippen LogP contribution in [-0.4, -0.2) is 9.78 Å². The van der Waals surface area contributed by atoms with Crippen molar-refractivity contribution in [2.45, 2.75) is 27.2 Å². The van der Waals surface area contributed by atoms with Crippen LogP contribution in [0.5, 0.6) is 0 Å². The Labute approximate surface area is 95.7 Å². The van der Waals surface area contributed by atoms with E-state index in [9.17, 15) is 0 Å². The fourth-order valence-electron chi connectivity index (χ4n) is 1.63. The Bertz CT molecular complexity index is 448. The molecule has 0 aliphatic heterocycles. The topological polar surface area (TPSA) is 27.1 Å². The van der Waals surface area contributed by atoms with Crippen LogP contribution in [0, 0.1) is 13.8 Å². The number of aryl methyl sites for hydroxylation is 2. The summed E-state index contributed by atoms with van der Waals surface area (Å²) in [6, 6.07) is 12.2. The zero-order chi connectivity index (χ0) is 11.4. The summed E-state index contributed by atoms with van der Waals surface area (Å²) in [6.45, 7) is 5.15. The van der Waals surface area contributed by atoms with Crippen LogP contribution in [0.15, 0.2) is 36.4 Å². The second kappa shape index (κ2) is 4.94. The third-order valence-corrected chi connectivity index (χ3v) is 2.43.